The van der Waals surface area contributed by atoms with Crippen molar-refractivity contribution in [3.8, 4) is 5.75 Å². The van der Waals surface area contributed by atoms with Crippen LogP contribution in [-0.4, -0.2) is 43.8 Å². The molecule has 4 aromatic rings. The fraction of sp³-hybridized carbons (Fsp3) is 0.259. The molecule has 3 aromatic carbocycles. The van der Waals surface area contributed by atoms with E-state index >= 15 is 0 Å². The smallest absolute Gasteiger partial charge is 0.243 e. The van der Waals surface area contributed by atoms with Crippen LogP contribution in [0.25, 0.3) is 10.2 Å². The number of carbonyl (C=O) groups excluding carboxylic acids is 1. The van der Waals surface area contributed by atoms with Gasteiger partial charge in [-0.2, -0.15) is 4.31 Å². The van der Waals surface area contributed by atoms with E-state index in [4.69, 9.17) is 9.72 Å². The number of thiazole rings is 1. The number of ether oxygens (including phenoxy) is 1. The number of anilines is 1. The number of benzene rings is 3. The molecule has 1 aromatic heterocycles. The molecule has 7 nitrogen and oxygen atoms in total. The molecule has 0 spiro atoms. The largest absolute Gasteiger partial charge is 0.497 e. The molecule has 1 saturated heterocycles. The Balaban J connectivity index is 1.45. The standard InChI is InChI=1S/C27H26FN3O4S2/c1-35-22-11-14-24-25(16-22)36-27(29-24)31(17-19-6-3-2-4-7-19)26(32)20-8-5-15-30(18-20)37(33,34)23-12-9-21(28)10-13-23/h2-4,6-7,9-14,16,20H,5,8,15,17-18H2,1H3. The number of piperidine rings is 1. The first-order valence-electron chi connectivity index (χ1n) is 11.9. The maximum absolute atomic E-state index is 14.0. The summed E-state index contributed by atoms with van der Waals surface area (Å²) in [5.41, 5.74) is 1.70. The quantitative estimate of drug-likeness (QED) is 0.327. The molecular formula is C27H26FN3O4S2. The van der Waals surface area contributed by atoms with E-state index in [9.17, 15) is 17.6 Å². The molecule has 0 N–H and O–H groups in total. The van der Waals surface area contributed by atoms with Crippen LogP contribution >= 0.6 is 11.3 Å². The average Bonchev–Trinajstić information content (AvgIpc) is 3.35. The van der Waals surface area contributed by atoms with Crippen molar-refractivity contribution in [2.24, 2.45) is 5.92 Å². The Hall–Kier alpha value is -3.34. The minimum Gasteiger partial charge on any atom is -0.497 e. The first-order chi connectivity index (χ1) is 17.8. The number of fused-ring (bicyclic) bond motifs is 1. The Kier molecular flexibility index (Phi) is 7.23. The van der Waals surface area contributed by atoms with Crippen molar-refractivity contribution in [1.82, 2.24) is 9.29 Å². The molecule has 1 unspecified atom stereocenters. The third-order valence-electron chi connectivity index (χ3n) is 6.45. The van der Waals surface area contributed by atoms with Crippen LogP contribution in [0.1, 0.15) is 18.4 Å². The summed E-state index contributed by atoms with van der Waals surface area (Å²) in [5, 5.41) is 0.552. The number of hydrogen-bond acceptors (Lipinski definition) is 6. The van der Waals surface area contributed by atoms with Gasteiger partial charge in [0.2, 0.25) is 15.9 Å². The summed E-state index contributed by atoms with van der Waals surface area (Å²) in [4.78, 5) is 20.4. The maximum Gasteiger partial charge on any atom is 0.243 e. The van der Waals surface area contributed by atoms with Gasteiger partial charge in [-0.25, -0.2) is 17.8 Å². The molecular weight excluding hydrogens is 513 g/mol. The molecule has 5 rings (SSSR count). The van der Waals surface area contributed by atoms with E-state index < -0.39 is 21.8 Å². The highest BCUT2D eigenvalue weighted by Gasteiger charge is 2.36. The lowest BCUT2D eigenvalue weighted by Gasteiger charge is -2.33. The van der Waals surface area contributed by atoms with Gasteiger partial charge >= 0.3 is 0 Å². The Morgan fingerprint density at radius 3 is 2.62 bits per heavy atom. The molecule has 1 atom stereocenters. The van der Waals surface area contributed by atoms with E-state index in [0.717, 1.165) is 27.9 Å². The molecule has 0 saturated carbocycles. The van der Waals surface area contributed by atoms with Crippen LogP contribution in [0, 0.1) is 11.7 Å². The summed E-state index contributed by atoms with van der Waals surface area (Å²) >= 11 is 1.40. The summed E-state index contributed by atoms with van der Waals surface area (Å²) in [5.74, 6) is -0.503. The molecule has 37 heavy (non-hydrogen) atoms. The second-order valence-electron chi connectivity index (χ2n) is 8.90. The highest BCUT2D eigenvalue weighted by molar-refractivity contribution is 7.89. The molecule has 0 aliphatic carbocycles. The lowest BCUT2D eigenvalue weighted by molar-refractivity contribution is -0.123. The molecule has 1 aliphatic heterocycles. The van der Waals surface area contributed by atoms with Crippen LogP contribution in [0.5, 0.6) is 5.75 Å². The fourth-order valence-electron chi connectivity index (χ4n) is 4.48. The van der Waals surface area contributed by atoms with Crippen LogP contribution in [0.15, 0.2) is 77.7 Å². The topological polar surface area (TPSA) is 79.8 Å². The normalized spacial score (nSPS) is 16.5. The molecule has 1 aliphatic rings. The highest BCUT2D eigenvalue weighted by Crippen LogP contribution is 2.34. The van der Waals surface area contributed by atoms with Gasteiger partial charge in [0.25, 0.3) is 0 Å². The number of carbonyl (C=O) groups is 1. The van der Waals surface area contributed by atoms with Gasteiger partial charge in [-0.15, -0.1) is 0 Å². The molecule has 1 amide bonds. The van der Waals surface area contributed by atoms with Gasteiger partial charge in [-0.05, 0) is 60.9 Å². The van der Waals surface area contributed by atoms with Crippen molar-refractivity contribution in [1.29, 1.82) is 0 Å². The van der Waals surface area contributed by atoms with Crippen LogP contribution < -0.4 is 9.64 Å². The first kappa shape index (κ1) is 25.3. The van der Waals surface area contributed by atoms with Crippen molar-refractivity contribution >= 4 is 42.6 Å². The molecule has 0 bridgehead atoms. The van der Waals surface area contributed by atoms with Gasteiger partial charge in [0, 0.05) is 13.1 Å². The molecule has 10 heteroatoms. The Morgan fingerprint density at radius 2 is 1.89 bits per heavy atom. The number of halogens is 1. The predicted octanol–water partition coefficient (Wildman–Crippen LogP) is 5.08. The van der Waals surface area contributed by atoms with Crippen molar-refractivity contribution in [3.05, 3.63) is 84.2 Å². The average molecular weight is 540 g/mol. The van der Waals surface area contributed by atoms with E-state index in [1.807, 2.05) is 48.5 Å². The minimum absolute atomic E-state index is 0.0169. The number of nitrogens with zero attached hydrogens (tertiary/aromatic N) is 3. The number of sulfonamides is 1. The highest BCUT2D eigenvalue weighted by atomic mass is 32.2. The third kappa shape index (κ3) is 5.36. The SMILES string of the molecule is COc1ccc2nc(N(Cc3ccccc3)C(=O)C3CCCN(S(=O)(=O)c4ccc(F)cc4)C3)sc2c1. The first-order valence-corrected chi connectivity index (χ1v) is 14.2. The van der Waals surface area contributed by atoms with Gasteiger partial charge in [0.05, 0.1) is 34.7 Å². The van der Waals surface area contributed by atoms with Crippen molar-refractivity contribution in [3.63, 3.8) is 0 Å². The fourth-order valence-corrected chi connectivity index (χ4v) is 7.00. The Morgan fingerprint density at radius 1 is 1.14 bits per heavy atom. The summed E-state index contributed by atoms with van der Waals surface area (Å²) in [6.07, 6.45) is 1.12. The van der Waals surface area contributed by atoms with Crippen LogP contribution in [0.4, 0.5) is 9.52 Å². The zero-order valence-electron chi connectivity index (χ0n) is 20.2. The van der Waals surface area contributed by atoms with E-state index in [2.05, 4.69) is 0 Å². The summed E-state index contributed by atoms with van der Waals surface area (Å²) < 4.78 is 47.4. The van der Waals surface area contributed by atoms with Crippen LogP contribution in [0.3, 0.4) is 0 Å². The number of hydrogen-bond donors (Lipinski definition) is 0. The van der Waals surface area contributed by atoms with Crippen LogP contribution in [0.2, 0.25) is 0 Å². The van der Waals surface area contributed by atoms with Gasteiger partial charge in [-0.3, -0.25) is 9.69 Å². The van der Waals surface area contributed by atoms with E-state index in [-0.39, 0.29) is 17.3 Å². The van der Waals surface area contributed by atoms with E-state index in [1.54, 1.807) is 12.0 Å². The summed E-state index contributed by atoms with van der Waals surface area (Å²) in [7, 11) is -2.25. The zero-order chi connectivity index (χ0) is 26.0. The van der Waals surface area contributed by atoms with Gasteiger partial charge < -0.3 is 4.74 Å². The van der Waals surface area contributed by atoms with Gasteiger partial charge in [0.1, 0.15) is 11.6 Å². The zero-order valence-corrected chi connectivity index (χ0v) is 21.8. The Labute approximate surface area is 219 Å². The Bertz CT molecular complexity index is 1510. The number of rotatable bonds is 7. The van der Waals surface area contributed by atoms with Crippen LogP contribution in [-0.2, 0) is 21.4 Å². The lowest BCUT2D eigenvalue weighted by atomic mass is 9.98. The lowest BCUT2D eigenvalue weighted by Crippen LogP contribution is -2.46. The second kappa shape index (κ2) is 10.6. The van der Waals surface area contributed by atoms with E-state index in [1.165, 1.54) is 27.8 Å². The van der Waals surface area contributed by atoms with E-state index in [0.29, 0.717) is 36.8 Å². The van der Waals surface area contributed by atoms with Crippen molar-refractivity contribution < 1.29 is 22.3 Å². The summed E-state index contributed by atoms with van der Waals surface area (Å²) in [6, 6.07) is 20.0. The maximum atomic E-state index is 14.0. The predicted molar refractivity (Wildman–Crippen MR) is 142 cm³/mol. The van der Waals surface area contributed by atoms with Gasteiger partial charge in [-0.1, -0.05) is 41.7 Å². The molecule has 0 radical (unpaired) electrons. The van der Waals surface area contributed by atoms with Gasteiger partial charge in [0.15, 0.2) is 5.13 Å². The monoisotopic (exact) mass is 539 g/mol. The second-order valence-corrected chi connectivity index (χ2v) is 11.8. The van der Waals surface area contributed by atoms with Crippen molar-refractivity contribution in [2.45, 2.75) is 24.3 Å². The molecule has 2 heterocycles. The molecule has 1 fully saturated rings. The number of amides is 1. The third-order valence-corrected chi connectivity index (χ3v) is 9.37. The number of aromatic nitrogens is 1. The number of methoxy groups -OCH3 is 1. The molecule has 192 valence electrons. The van der Waals surface area contributed by atoms with Crippen molar-refractivity contribution in [2.75, 3.05) is 25.1 Å². The summed E-state index contributed by atoms with van der Waals surface area (Å²) in [6.45, 7) is 0.684. The minimum atomic E-state index is -3.85.